The summed E-state index contributed by atoms with van der Waals surface area (Å²) in [6.45, 7) is 12.1. The zero-order chi connectivity index (χ0) is 18.5. The van der Waals surface area contributed by atoms with Crippen LogP contribution in [0.25, 0.3) is 0 Å². The van der Waals surface area contributed by atoms with Crippen LogP contribution in [0.1, 0.15) is 16.7 Å². The van der Waals surface area contributed by atoms with Gasteiger partial charge < -0.3 is 15.1 Å². The third kappa shape index (κ3) is 4.18. The molecule has 6 heteroatoms. The molecule has 1 aliphatic heterocycles. The monoisotopic (exact) mass is 354 g/mol. The Morgan fingerprint density at radius 2 is 1.92 bits per heavy atom. The van der Waals surface area contributed by atoms with Crippen molar-refractivity contribution in [2.75, 3.05) is 44.7 Å². The van der Waals surface area contributed by atoms with E-state index < -0.39 is 0 Å². The van der Waals surface area contributed by atoms with Gasteiger partial charge in [-0.3, -0.25) is 9.67 Å². The van der Waals surface area contributed by atoms with E-state index in [1.807, 2.05) is 17.9 Å². The van der Waals surface area contributed by atoms with Gasteiger partial charge in [-0.2, -0.15) is 5.10 Å². The fourth-order valence-corrected chi connectivity index (χ4v) is 3.44. The average Bonchev–Trinajstić information content (AvgIpc) is 3.07. The average molecular weight is 355 g/mol. The molecule has 0 amide bonds. The van der Waals surface area contributed by atoms with Gasteiger partial charge in [0.15, 0.2) is 5.96 Å². The quantitative estimate of drug-likeness (QED) is 0.676. The van der Waals surface area contributed by atoms with E-state index in [1.165, 1.54) is 22.4 Å². The van der Waals surface area contributed by atoms with Crippen LogP contribution in [0, 0.1) is 20.8 Å². The maximum Gasteiger partial charge on any atom is 0.193 e. The number of anilines is 1. The molecule has 2 heterocycles. The summed E-state index contributed by atoms with van der Waals surface area (Å²) in [5, 5.41) is 7.79. The van der Waals surface area contributed by atoms with E-state index in [0.717, 1.165) is 45.2 Å². The Bertz CT molecular complexity index is 755. The van der Waals surface area contributed by atoms with Crippen molar-refractivity contribution in [2.24, 2.45) is 4.99 Å². The molecule has 1 fully saturated rings. The Morgan fingerprint density at radius 3 is 2.58 bits per heavy atom. The number of aliphatic imine (C=N–C) groups is 1. The summed E-state index contributed by atoms with van der Waals surface area (Å²) in [7, 11) is 1.86. The van der Waals surface area contributed by atoms with Crippen molar-refractivity contribution >= 4 is 11.6 Å². The van der Waals surface area contributed by atoms with E-state index in [4.69, 9.17) is 0 Å². The first-order chi connectivity index (χ1) is 12.6. The lowest BCUT2D eigenvalue weighted by Gasteiger charge is -2.38. The highest BCUT2D eigenvalue weighted by Crippen LogP contribution is 2.23. The van der Waals surface area contributed by atoms with Gasteiger partial charge in [0.1, 0.15) is 0 Å². The lowest BCUT2D eigenvalue weighted by atomic mass is 10.1. The standard InChI is InChI=1S/C20H30N6/c1-16-14-23-26(15-16)9-8-22-20(21-4)25-12-10-24(11-13-25)19-7-5-6-17(2)18(19)3/h5-7,14-15H,8-13H2,1-4H3,(H,21,22). The number of nitrogens with one attached hydrogen (secondary N) is 1. The summed E-state index contributed by atoms with van der Waals surface area (Å²) in [6.07, 6.45) is 3.95. The molecule has 1 saturated heterocycles. The van der Waals surface area contributed by atoms with E-state index >= 15 is 0 Å². The molecular weight excluding hydrogens is 324 g/mol. The molecule has 1 aliphatic rings. The SMILES string of the molecule is CN=C(NCCn1cc(C)cn1)N1CCN(c2cccc(C)c2C)CC1. The number of aryl methyl sites for hydroxylation is 2. The van der Waals surface area contributed by atoms with Gasteiger partial charge in [-0.05, 0) is 43.5 Å². The molecule has 1 N–H and O–H groups in total. The molecule has 0 spiro atoms. The van der Waals surface area contributed by atoms with Crippen LogP contribution < -0.4 is 10.2 Å². The molecule has 0 unspecified atom stereocenters. The van der Waals surface area contributed by atoms with Crippen molar-refractivity contribution in [1.29, 1.82) is 0 Å². The Labute approximate surface area is 156 Å². The fraction of sp³-hybridized carbons (Fsp3) is 0.500. The first-order valence-electron chi connectivity index (χ1n) is 9.34. The molecule has 0 radical (unpaired) electrons. The van der Waals surface area contributed by atoms with Gasteiger partial charge in [-0.1, -0.05) is 12.1 Å². The molecule has 1 aromatic carbocycles. The van der Waals surface area contributed by atoms with Gasteiger partial charge in [0.25, 0.3) is 0 Å². The molecule has 1 aromatic heterocycles. The summed E-state index contributed by atoms with van der Waals surface area (Å²) in [6, 6.07) is 6.57. The maximum atomic E-state index is 4.46. The molecule has 26 heavy (non-hydrogen) atoms. The van der Waals surface area contributed by atoms with E-state index in [9.17, 15) is 0 Å². The summed E-state index contributed by atoms with van der Waals surface area (Å²) in [4.78, 5) is 9.29. The molecule has 3 rings (SSSR count). The van der Waals surface area contributed by atoms with E-state index in [-0.39, 0.29) is 0 Å². The first kappa shape index (κ1) is 18.3. The van der Waals surface area contributed by atoms with Crippen LogP contribution in [-0.4, -0.2) is 60.4 Å². The first-order valence-corrected chi connectivity index (χ1v) is 9.34. The number of aromatic nitrogens is 2. The molecule has 140 valence electrons. The second-order valence-corrected chi connectivity index (χ2v) is 6.95. The van der Waals surface area contributed by atoms with E-state index in [1.54, 1.807) is 0 Å². The molecule has 0 atom stereocenters. The second kappa shape index (κ2) is 8.25. The fourth-order valence-electron chi connectivity index (χ4n) is 3.44. The van der Waals surface area contributed by atoms with Crippen LogP contribution in [0.4, 0.5) is 5.69 Å². The summed E-state index contributed by atoms with van der Waals surface area (Å²) >= 11 is 0. The summed E-state index contributed by atoms with van der Waals surface area (Å²) < 4.78 is 1.97. The van der Waals surface area contributed by atoms with Crippen LogP contribution >= 0.6 is 0 Å². The van der Waals surface area contributed by atoms with Gasteiger partial charge >= 0.3 is 0 Å². The predicted octanol–water partition coefficient (Wildman–Crippen LogP) is 2.21. The van der Waals surface area contributed by atoms with Gasteiger partial charge in [-0.25, -0.2) is 0 Å². The minimum absolute atomic E-state index is 0.824. The van der Waals surface area contributed by atoms with E-state index in [2.05, 4.69) is 70.4 Å². The third-order valence-corrected chi connectivity index (χ3v) is 5.09. The molecule has 0 aliphatic carbocycles. The Kier molecular flexibility index (Phi) is 5.81. The van der Waals surface area contributed by atoms with Crippen molar-refractivity contribution in [3.63, 3.8) is 0 Å². The maximum absolute atomic E-state index is 4.46. The lowest BCUT2D eigenvalue weighted by Crippen LogP contribution is -2.53. The largest absolute Gasteiger partial charge is 0.368 e. The van der Waals surface area contributed by atoms with Gasteiger partial charge in [-0.15, -0.1) is 0 Å². The molecule has 6 nitrogen and oxygen atoms in total. The molecular formula is C20H30N6. The van der Waals surface area contributed by atoms with Crippen LogP contribution in [0.3, 0.4) is 0 Å². The van der Waals surface area contributed by atoms with Gasteiger partial charge in [0, 0.05) is 51.7 Å². The van der Waals surface area contributed by atoms with Crippen molar-refractivity contribution < 1.29 is 0 Å². The Hall–Kier alpha value is -2.50. The van der Waals surface area contributed by atoms with Crippen molar-refractivity contribution in [2.45, 2.75) is 27.3 Å². The lowest BCUT2D eigenvalue weighted by molar-refractivity contribution is 0.371. The summed E-state index contributed by atoms with van der Waals surface area (Å²) in [5.41, 5.74) is 5.30. The number of hydrogen-bond acceptors (Lipinski definition) is 3. The minimum atomic E-state index is 0.824. The van der Waals surface area contributed by atoms with E-state index in [0.29, 0.717) is 0 Å². The van der Waals surface area contributed by atoms with Gasteiger partial charge in [0.05, 0.1) is 12.7 Å². The molecule has 0 bridgehead atoms. The number of guanidine groups is 1. The van der Waals surface area contributed by atoms with Crippen LogP contribution in [-0.2, 0) is 6.54 Å². The number of benzene rings is 1. The number of hydrogen-bond donors (Lipinski definition) is 1. The molecule has 0 saturated carbocycles. The van der Waals surface area contributed by atoms with Crippen LogP contribution in [0.15, 0.2) is 35.6 Å². The van der Waals surface area contributed by atoms with Crippen molar-refractivity contribution in [3.05, 3.63) is 47.3 Å². The highest BCUT2D eigenvalue weighted by Gasteiger charge is 2.20. The summed E-state index contributed by atoms with van der Waals surface area (Å²) in [5.74, 6) is 0.981. The van der Waals surface area contributed by atoms with Crippen LogP contribution in [0.2, 0.25) is 0 Å². The highest BCUT2D eigenvalue weighted by molar-refractivity contribution is 5.80. The predicted molar refractivity (Wildman–Crippen MR) is 108 cm³/mol. The second-order valence-electron chi connectivity index (χ2n) is 6.95. The van der Waals surface area contributed by atoms with Crippen molar-refractivity contribution in [3.8, 4) is 0 Å². The Balaban J connectivity index is 1.51. The topological polar surface area (TPSA) is 48.7 Å². The van der Waals surface area contributed by atoms with Gasteiger partial charge in [0.2, 0.25) is 0 Å². The minimum Gasteiger partial charge on any atom is -0.368 e. The third-order valence-electron chi connectivity index (χ3n) is 5.09. The van der Waals surface area contributed by atoms with Crippen LogP contribution in [0.5, 0.6) is 0 Å². The number of nitrogens with zero attached hydrogens (tertiary/aromatic N) is 5. The Morgan fingerprint density at radius 1 is 1.15 bits per heavy atom. The smallest absolute Gasteiger partial charge is 0.193 e. The molecule has 2 aromatic rings. The zero-order valence-corrected chi connectivity index (χ0v) is 16.4. The number of rotatable bonds is 4. The normalized spacial score (nSPS) is 15.5. The number of piperazine rings is 1. The highest BCUT2D eigenvalue weighted by atomic mass is 15.4. The van der Waals surface area contributed by atoms with Crippen molar-refractivity contribution in [1.82, 2.24) is 20.0 Å². The zero-order valence-electron chi connectivity index (χ0n) is 16.4.